The second-order valence-corrected chi connectivity index (χ2v) is 4.62. The fourth-order valence-corrected chi connectivity index (χ4v) is 2.27. The normalized spacial score (nSPS) is 10.1. The molecule has 0 fully saturated rings. The second kappa shape index (κ2) is 5.15. The average Bonchev–Trinajstić information content (AvgIpc) is 2.33. The van der Waals surface area contributed by atoms with E-state index in [1.54, 1.807) is 19.1 Å². The Morgan fingerprint density at radius 2 is 2.00 bits per heavy atom. The van der Waals surface area contributed by atoms with E-state index in [1.807, 2.05) is 6.07 Å². The third kappa shape index (κ3) is 2.66. The molecule has 90 valence electrons. The van der Waals surface area contributed by atoms with E-state index >= 15 is 0 Å². The Balaban J connectivity index is 2.40. The van der Waals surface area contributed by atoms with Gasteiger partial charge in [0, 0.05) is 16.7 Å². The molecule has 0 spiro atoms. The summed E-state index contributed by atoms with van der Waals surface area (Å²) < 4.78 is 26.3. The van der Waals surface area contributed by atoms with Crippen LogP contribution in [0.1, 0.15) is 11.3 Å². The van der Waals surface area contributed by atoms with Gasteiger partial charge in [-0.15, -0.1) is 0 Å². The highest BCUT2D eigenvalue weighted by molar-refractivity contribution is 7.99. The first kappa shape index (κ1) is 12.5. The van der Waals surface area contributed by atoms with Crippen molar-refractivity contribution in [3.8, 4) is 6.07 Å². The highest BCUT2D eigenvalue weighted by Crippen LogP contribution is 2.31. The SMILES string of the molecule is Cc1ccc(C#N)c(Sc2ccc(F)cc2F)n1. The van der Waals surface area contributed by atoms with Crippen LogP contribution >= 0.6 is 11.8 Å². The van der Waals surface area contributed by atoms with Gasteiger partial charge in [0.25, 0.3) is 0 Å². The molecule has 1 aromatic carbocycles. The summed E-state index contributed by atoms with van der Waals surface area (Å²) in [6.45, 7) is 1.78. The van der Waals surface area contributed by atoms with E-state index in [0.717, 1.165) is 23.5 Å². The average molecular weight is 262 g/mol. The summed E-state index contributed by atoms with van der Waals surface area (Å²) in [4.78, 5) is 4.42. The zero-order valence-corrected chi connectivity index (χ0v) is 10.3. The summed E-state index contributed by atoms with van der Waals surface area (Å²) in [6.07, 6.45) is 0. The van der Waals surface area contributed by atoms with Gasteiger partial charge in [-0.3, -0.25) is 0 Å². The first-order chi connectivity index (χ1) is 8.60. The first-order valence-electron chi connectivity index (χ1n) is 5.11. The Hall–Kier alpha value is -1.93. The number of aryl methyl sites for hydroxylation is 1. The molecular formula is C13H8F2N2S. The standard InChI is InChI=1S/C13H8F2N2S/c1-8-2-3-9(7-16)13(17-8)18-12-5-4-10(14)6-11(12)15/h2-6H,1H3. The van der Waals surface area contributed by atoms with Crippen LogP contribution in [0.25, 0.3) is 0 Å². The Labute approximate surface area is 107 Å². The lowest BCUT2D eigenvalue weighted by Crippen LogP contribution is -1.91. The third-order valence-corrected chi connectivity index (χ3v) is 3.28. The Bertz CT molecular complexity index is 635. The van der Waals surface area contributed by atoms with Crippen LogP contribution < -0.4 is 0 Å². The molecule has 0 aliphatic heterocycles. The molecule has 0 amide bonds. The van der Waals surface area contributed by atoms with Crippen LogP contribution in [-0.4, -0.2) is 4.98 Å². The van der Waals surface area contributed by atoms with Crippen molar-refractivity contribution >= 4 is 11.8 Å². The maximum Gasteiger partial charge on any atom is 0.140 e. The first-order valence-corrected chi connectivity index (χ1v) is 5.92. The molecule has 0 saturated carbocycles. The van der Waals surface area contributed by atoms with E-state index in [1.165, 1.54) is 12.1 Å². The van der Waals surface area contributed by atoms with Crippen LogP contribution in [0, 0.1) is 29.9 Å². The molecule has 1 heterocycles. The molecule has 0 N–H and O–H groups in total. The molecule has 0 atom stereocenters. The molecule has 2 nitrogen and oxygen atoms in total. The minimum atomic E-state index is -0.660. The summed E-state index contributed by atoms with van der Waals surface area (Å²) >= 11 is 1.01. The monoisotopic (exact) mass is 262 g/mol. The lowest BCUT2D eigenvalue weighted by molar-refractivity contribution is 0.565. The molecule has 18 heavy (non-hydrogen) atoms. The summed E-state index contributed by atoms with van der Waals surface area (Å²) in [6, 6.07) is 8.65. The number of halogens is 2. The molecule has 0 saturated heterocycles. The third-order valence-electron chi connectivity index (χ3n) is 2.22. The maximum absolute atomic E-state index is 13.5. The van der Waals surface area contributed by atoms with Crippen molar-refractivity contribution in [2.45, 2.75) is 16.8 Å². The smallest absolute Gasteiger partial charge is 0.140 e. The number of benzene rings is 1. The van der Waals surface area contributed by atoms with Crippen molar-refractivity contribution in [2.24, 2.45) is 0 Å². The highest BCUT2D eigenvalue weighted by Gasteiger charge is 2.10. The van der Waals surface area contributed by atoms with Gasteiger partial charge in [-0.1, -0.05) is 11.8 Å². The van der Waals surface area contributed by atoms with Crippen LogP contribution in [-0.2, 0) is 0 Å². The quantitative estimate of drug-likeness (QED) is 0.828. The fraction of sp³-hybridized carbons (Fsp3) is 0.0769. The fourth-order valence-electron chi connectivity index (χ4n) is 1.36. The van der Waals surface area contributed by atoms with Crippen molar-refractivity contribution in [1.29, 1.82) is 5.26 Å². The van der Waals surface area contributed by atoms with E-state index in [-0.39, 0.29) is 4.90 Å². The molecule has 0 bridgehead atoms. The molecule has 1 aromatic heterocycles. The summed E-state index contributed by atoms with van der Waals surface area (Å²) in [5.41, 5.74) is 1.10. The van der Waals surface area contributed by atoms with Crippen LogP contribution in [0.2, 0.25) is 0 Å². The van der Waals surface area contributed by atoms with Crippen LogP contribution in [0.15, 0.2) is 40.3 Å². The summed E-state index contributed by atoms with van der Waals surface area (Å²) in [5.74, 6) is -1.29. The van der Waals surface area contributed by atoms with E-state index in [4.69, 9.17) is 5.26 Å². The molecule has 2 aromatic rings. The molecule has 2 rings (SSSR count). The van der Waals surface area contributed by atoms with Gasteiger partial charge < -0.3 is 0 Å². The minimum absolute atomic E-state index is 0.242. The van der Waals surface area contributed by atoms with Crippen LogP contribution in [0.3, 0.4) is 0 Å². The summed E-state index contributed by atoms with van der Waals surface area (Å²) in [5, 5.41) is 9.36. The lowest BCUT2D eigenvalue weighted by Gasteiger charge is -2.05. The Morgan fingerprint density at radius 1 is 1.22 bits per heavy atom. The predicted molar refractivity (Wildman–Crippen MR) is 64.2 cm³/mol. The van der Waals surface area contributed by atoms with E-state index in [0.29, 0.717) is 10.6 Å². The highest BCUT2D eigenvalue weighted by atomic mass is 32.2. The molecule has 0 aliphatic carbocycles. The number of rotatable bonds is 2. The zero-order chi connectivity index (χ0) is 13.1. The molecule has 0 radical (unpaired) electrons. The number of nitrogens with zero attached hydrogens (tertiary/aromatic N) is 2. The minimum Gasteiger partial charge on any atom is -0.245 e. The molecule has 0 aliphatic rings. The number of hydrogen-bond acceptors (Lipinski definition) is 3. The van der Waals surface area contributed by atoms with Gasteiger partial charge in [-0.2, -0.15) is 5.26 Å². The van der Waals surface area contributed by atoms with Gasteiger partial charge in [0.2, 0.25) is 0 Å². The molecular weight excluding hydrogens is 254 g/mol. The van der Waals surface area contributed by atoms with Gasteiger partial charge in [0.1, 0.15) is 22.7 Å². The number of aromatic nitrogens is 1. The van der Waals surface area contributed by atoms with Crippen molar-refractivity contribution < 1.29 is 8.78 Å². The second-order valence-electron chi connectivity index (χ2n) is 3.59. The van der Waals surface area contributed by atoms with Crippen LogP contribution in [0.4, 0.5) is 8.78 Å². The van der Waals surface area contributed by atoms with Gasteiger partial charge in [-0.05, 0) is 31.2 Å². The predicted octanol–water partition coefficient (Wildman–Crippen LogP) is 3.69. The van der Waals surface area contributed by atoms with Crippen LogP contribution in [0.5, 0.6) is 0 Å². The largest absolute Gasteiger partial charge is 0.245 e. The summed E-state index contributed by atoms with van der Waals surface area (Å²) in [7, 11) is 0. The van der Waals surface area contributed by atoms with Gasteiger partial charge >= 0.3 is 0 Å². The Morgan fingerprint density at radius 3 is 2.67 bits per heavy atom. The zero-order valence-electron chi connectivity index (χ0n) is 9.45. The number of hydrogen-bond donors (Lipinski definition) is 0. The van der Waals surface area contributed by atoms with E-state index in [9.17, 15) is 8.78 Å². The van der Waals surface area contributed by atoms with Crippen molar-refractivity contribution in [3.05, 3.63) is 53.2 Å². The van der Waals surface area contributed by atoms with Crippen molar-refractivity contribution in [3.63, 3.8) is 0 Å². The number of nitriles is 1. The Kier molecular flexibility index (Phi) is 3.58. The van der Waals surface area contributed by atoms with Gasteiger partial charge in [-0.25, -0.2) is 13.8 Å². The molecule has 5 heteroatoms. The topological polar surface area (TPSA) is 36.7 Å². The molecule has 0 unspecified atom stereocenters. The van der Waals surface area contributed by atoms with Gasteiger partial charge in [0.05, 0.1) is 5.56 Å². The van der Waals surface area contributed by atoms with E-state index < -0.39 is 11.6 Å². The van der Waals surface area contributed by atoms with Gasteiger partial charge in [0.15, 0.2) is 0 Å². The maximum atomic E-state index is 13.5. The lowest BCUT2D eigenvalue weighted by atomic mass is 10.3. The number of pyridine rings is 1. The van der Waals surface area contributed by atoms with E-state index in [2.05, 4.69) is 4.98 Å². The van der Waals surface area contributed by atoms with Crippen molar-refractivity contribution in [1.82, 2.24) is 4.98 Å². The van der Waals surface area contributed by atoms with Crippen molar-refractivity contribution in [2.75, 3.05) is 0 Å².